The summed E-state index contributed by atoms with van der Waals surface area (Å²) in [6.45, 7) is 4.77. The molecule has 0 amide bonds. The predicted molar refractivity (Wildman–Crippen MR) is 163 cm³/mol. The van der Waals surface area contributed by atoms with E-state index in [1.165, 1.54) is 6.92 Å². The fraction of sp³-hybridized carbons (Fsp3) is 0.344. The molecule has 0 bridgehead atoms. The molecule has 3 aromatic rings. The number of rotatable bonds is 10. The van der Waals surface area contributed by atoms with Crippen LogP contribution in [0.3, 0.4) is 0 Å². The van der Waals surface area contributed by atoms with E-state index in [-0.39, 0.29) is 11.7 Å². The van der Waals surface area contributed by atoms with E-state index in [0.29, 0.717) is 33.7 Å². The molecule has 0 radical (unpaired) electrons. The van der Waals surface area contributed by atoms with Gasteiger partial charge in [-0.1, -0.05) is 47.5 Å². The Morgan fingerprint density at radius 3 is 1.81 bits per heavy atom. The van der Waals surface area contributed by atoms with Gasteiger partial charge in [-0.3, -0.25) is 4.79 Å². The van der Waals surface area contributed by atoms with Crippen molar-refractivity contribution in [3.05, 3.63) is 93.5 Å². The first-order chi connectivity index (χ1) is 20.4. The van der Waals surface area contributed by atoms with Gasteiger partial charge in [-0.05, 0) is 98.8 Å². The molecule has 3 N–H and O–H groups in total. The Hall–Kier alpha value is -3.63. The Morgan fingerprint density at radius 2 is 1.37 bits per heavy atom. The molecule has 0 aliphatic carbocycles. The average Bonchev–Trinajstić information content (AvgIpc) is 3.00. The number of halogens is 2. The maximum absolute atomic E-state index is 12.1. The van der Waals surface area contributed by atoms with Crippen molar-refractivity contribution in [1.29, 1.82) is 0 Å². The van der Waals surface area contributed by atoms with Crippen LogP contribution in [-0.4, -0.2) is 71.3 Å². The van der Waals surface area contributed by atoms with E-state index in [9.17, 15) is 9.90 Å². The standard InChI is InChI=1S/C30H33Cl2NO4.C2H2O4/c1-21(34)22-4-13-28(29(20-22)36-2)37-19-3-16-33-17-14-25(15-18-33)30(35,23-5-9-26(31)10-6-23)24-7-11-27(32)12-8-24;3-1(4)2(5)6/h4-13,20,25,35H,3,14-19H2,1-2H3;(H,3,4)(H,5,6). The molecule has 1 fully saturated rings. The number of carboxylic acids is 2. The summed E-state index contributed by atoms with van der Waals surface area (Å²) >= 11 is 12.3. The number of likely N-dealkylation sites (tertiary alicyclic amines) is 1. The quantitative estimate of drug-likeness (QED) is 0.145. The highest BCUT2D eigenvalue weighted by Gasteiger charge is 2.41. The molecule has 1 heterocycles. The summed E-state index contributed by atoms with van der Waals surface area (Å²) in [5, 5.41) is 28.2. The molecule has 9 nitrogen and oxygen atoms in total. The third-order valence-corrected chi connectivity index (χ3v) is 7.88. The number of carbonyl (C=O) groups excluding carboxylic acids is 1. The smallest absolute Gasteiger partial charge is 0.414 e. The van der Waals surface area contributed by atoms with Crippen molar-refractivity contribution in [2.75, 3.05) is 33.4 Å². The van der Waals surface area contributed by atoms with Crippen molar-refractivity contribution in [1.82, 2.24) is 4.90 Å². The summed E-state index contributed by atoms with van der Waals surface area (Å²) in [5.74, 6) is -2.39. The highest BCUT2D eigenvalue weighted by molar-refractivity contribution is 6.30. The Labute approximate surface area is 260 Å². The lowest BCUT2D eigenvalue weighted by Crippen LogP contribution is -2.44. The summed E-state index contributed by atoms with van der Waals surface area (Å²) in [6.07, 6.45) is 2.59. The molecular formula is C32H35Cl2NO8. The number of piperidine rings is 1. The minimum atomic E-state index is -1.82. The largest absolute Gasteiger partial charge is 0.493 e. The van der Waals surface area contributed by atoms with Gasteiger partial charge in [0, 0.05) is 22.2 Å². The average molecular weight is 633 g/mol. The van der Waals surface area contributed by atoms with E-state index in [0.717, 1.165) is 50.0 Å². The van der Waals surface area contributed by atoms with Gasteiger partial charge >= 0.3 is 11.9 Å². The number of nitrogens with zero attached hydrogens (tertiary/aromatic N) is 1. The van der Waals surface area contributed by atoms with Crippen LogP contribution < -0.4 is 9.47 Å². The molecule has 1 saturated heterocycles. The van der Waals surface area contributed by atoms with E-state index in [4.69, 9.17) is 52.5 Å². The van der Waals surface area contributed by atoms with Crippen LogP contribution >= 0.6 is 23.2 Å². The first-order valence-corrected chi connectivity index (χ1v) is 14.5. The minimum absolute atomic E-state index is 0.00715. The molecule has 11 heteroatoms. The molecule has 230 valence electrons. The van der Waals surface area contributed by atoms with Crippen molar-refractivity contribution >= 4 is 40.9 Å². The fourth-order valence-electron chi connectivity index (χ4n) is 5.10. The second-order valence-electron chi connectivity index (χ2n) is 10.1. The normalized spacial score (nSPS) is 13.9. The van der Waals surface area contributed by atoms with Gasteiger partial charge in [0.05, 0.1) is 13.7 Å². The van der Waals surface area contributed by atoms with Gasteiger partial charge in [0.25, 0.3) is 0 Å². The summed E-state index contributed by atoms with van der Waals surface area (Å²) in [6, 6.07) is 20.2. The Morgan fingerprint density at radius 1 is 0.860 bits per heavy atom. The second kappa shape index (κ2) is 15.7. The highest BCUT2D eigenvalue weighted by atomic mass is 35.5. The van der Waals surface area contributed by atoms with E-state index < -0.39 is 17.5 Å². The maximum Gasteiger partial charge on any atom is 0.414 e. The molecule has 0 atom stereocenters. The highest BCUT2D eigenvalue weighted by Crippen LogP contribution is 2.42. The second-order valence-corrected chi connectivity index (χ2v) is 11.0. The number of benzene rings is 3. The van der Waals surface area contributed by atoms with Crippen LogP contribution in [0.2, 0.25) is 10.0 Å². The lowest BCUT2D eigenvalue weighted by Gasteiger charge is -2.42. The zero-order chi connectivity index (χ0) is 31.6. The van der Waals surface area contributed by atoms with Crippen LogP contribution in [-0.2, 0) is 15.2 Å². The van der Waals surface area contributed by atoms with Crippen molar-refractivity contribution in [2.24, 2.45) is 5.92 Å². The topological polar surface area (TPSA) is 134 Å². The number of aliphatic hydroxyl groups is 1. The molecule has 43 heavy (non-hydrogen) atoms. The molecule has 0 aromatic heterocycles. The molecule has 3 aromatic carbocycles. The number of hydrogen-bond donors (Lipinski definition) is 3. The van der Waals surface area contributed by atoms with Crippen LogP contribution in [0.5, 0.6) is 11.5 Å². The monoisotopic (exact) mass is 631 g/mol. The van der Waals surface area contributed by atoms with Crippen molar-refractivity contribution in [3.8, 4) is 11.5 Å². The zero-order valence-electron chi connectivity index (χ0n) is 24.0. The Bertz CT molecular complexity index is 1330. The van der Waals surface area contributed by atoms with Gasteiger partial charge in [0.15, 0.2) is 17.3 Å². The molecule has 0 spiro atoms. The van der Waals surface area contributed by atoms with Gasteiger partial charge in [-0.15, -0.1) is 0 Å². The molecular weight excluding hydrogens is 597 g/mol. The van der Waals surface area contributed by atoms with Gasteiger partial charge in [-0.2, -0.15) is 0 Å². The van der Waals surface area contributed by atoms with E-state index in [2.05, 4.69) is 4.90 Å². The van der Waals surface area contributed by atoms with E-state index >= 15 is 0 Å². The zero-order valence-corrected chi connectivity index (χ0v) is 25.5. The number of carboxylic acid groups (broad SMARTS) is 2. The Balaban J connectivity index is 0.000000765. The summed E-state index contributed by atoms with van der Waals surface area (Å²) in [5.41, 5.74) is 1.17. The molecule has 0 saturated carbocycles. The van der Waals surface area contributed by atoms with Crippen LogP contribution in [0.25, 0.3) is 0 Å². The number of ether oxygens (including phenoxy) is 2. The van der Waals surface area contributed by atoms with E-state index in [1.54, 1.807) is 25.3 Å². The van der Waals surface area contributed by atoms with Gasteiger partial charge < -0.3 is 29.7 Å². The van der Waals surface area contributed by atoms with Crippen molar-refractivity contribution < 1.29 is 39.2 Å². The Kier molecular flexibility index (Phi) is 12.4. The van der Waals surface area contributed by atoms with E-state index in [1.807, 2.05) is 48.5 Å². The minimum Gasteiger partial charge on any atom is -0.493 e. The number of hydrogen-bond acceptors (Lipinski definition) is 7. The van der Waals surface area contributed by atoms with Crippen molar-refractivity contribution in [3.63, 3.8) is 0 Å². The number of ketones is 1. The van der Waals surface area contributed by atoms with Crippen LogP contribution in [0.1, 0.15) is 47.7 Å². The van der Waals surface area contributed by atoms with Crippen LogP contribution in [0.15, 0.2) is 66.7 Å². The van der Waals surface area contributed by atoms with Crippen LogP contribution in [0, 0.1) is 5.92 Å². The predicted octanol–water partition coefficient (Wildman–Crippen LogP) is 5.78. The van der Waals surface area contributed by atoms with Gasteiger partial charge in [0.1, 0.15) is 5.60 Å². The summed E-state index contributed by atoms with van der Waals surface area (Å²) < 4.78 is 11.3. The number of Topliss-reactive ketones (excluding diaryl/α,β-unsaturated/α-hetero) is 1. The molecule has 1 aliphatic rings. The van der Waals surface area contributed by atoms with Crippen molar-refractivity contribution in [2.45, 2.75) is 31.8 Å². The first-order valence-electron chi connectivity index (χ1n) is 13.7. The summed E-state index contributed by atoms with van der Waals surface area (Å²) in [4.78, 5) is 32.2. The first kappa shape index (κ1) is 33.9. The third-order valence-electron chi connectivity index (χ3n) is 7.38. The lowest BCUT2D eigenvalue weighted by atomic mass is 9.72. The number of methoxy groups -OCH3 is 1. The fourth-order valence-corrected chi connectivity index (χ4v) is 5.35. The SMILES string of the molecule is COc1cc(C(C)=O)ccc1OCCCN1CCC(C(O)(c2ccc(Cl)cc2)c2ccc(Cl)cc2)CC1.O=C(O)C(=O)O. The lowest BCUT2D eigenvalue weighted by molar-refractivity contribution is -0.159. The summed E-state index contributed by atoms with van der Waals surface area (Å²) in [7, 11) is 1.57. The number of carbonyl (C=O) groups is 3. The third kappa shape index (κ3) is 9.18. The molecule has 1 aliphatic heterocycles. The molecule has 4 rings (SSSR count). The van der Waals surface area contributed by atoms with Gasteiger partial charge in [0.2, 0.25) is 0 Å². The van der Waals surface area contributed by atoms with Crippen LogP contribution in [0.4, 0.5) is 0 Å². The maximum atomic E-state index is 12.1. The number of aliphatic carboxylic acids is 2. The van der Waals surface area contributed by atoms with Gasteiger partial charge in [-0.25, -0.2) is 9.59 Å². The molecule has 0 unspecified atom stereocenters.